The van der Waals surface area contributed by atoms with Gasteiger partial charge in [0, 0.05) is 17.4 Å². The molecule has 0 aromatic carbocycles. The first kappa shape index (κ1) is 14.2. The Morgan fingerprint density at radius 2 is 2.07 bits per heavy atom. The molecule has 0 radical (unpaired) electrons. The molecular formula is C11H17ClN2O. The molecule has 0 aliphatic heterocycles. The van der Waals surface area contributed by atoms with Gasteiger partial charge < -0.3 is 5.73 Å². The lowest BCUT2D eigenvalue weighted by atomic mass is 9.65. The molecule has 1 atom stereocenters. The number of ketones is 1. The van der Waals surface area contributed by atoms with Crippen molar-refractivity contribution in [1.29, 1.82) is 5.26 Å². The molecule has 1 unspecified atom stereocenters. The smallest absolute Gasteiger partial charge is 0.178 e. The van der Waals surface area contributed by atoms with E-state index < -0.39 is 5.41 Å². The van der Waals surface area contributed by atoms with E-state index in [4.69, 9.17) is 11.0 Å². The topological polar surface area (TPSA) is 66.9 Å². The third kappa shape index (κ3) is 2.58. The second-order valence-corrected chi connectivity index (χ2v) is 4.92. The van der Waals surface area contributed by atoms with Gasteiger partial charge in [-0.05, 0) is 6.42 Å². The average Bonchev–Trinajstić information content (AvgIpc) is 2.11. The van der Waals surface area contributed by atoms with Crippen LogP contribution in [0.2, 0.25) is 0 Å². The van der Waals surface area contributed by atoms with Gasteiger partial charge >= 0.3 is 0 Å². The Morgan fingerprint density at radius 3 is 2.47 bits per heavy atom. The number of nitrogens with zero attached hydrogens (tertiary/aromatic N) is 1. The van der Waals surface area contributed by atoms with Crippen LogP contribution in [0.25, 0.3) is 0 Å². The average molecular weight is 229 g/mol. The fourth-order valence-electron chi connectivity index (χ4n) is 2.13. The minimum atomic E-state index is -0.464. The van der Waals surface area contributed by atoms with E-state index in [-0.39, 0.29) is 29.2 Å². The van der Waals surface area contributed by atoms with Crippen LogP contribution in [0.4, 0.5) is 0 Å². The van der Waals surface area contributed by atoms with Gasteiger partial charge in [0.25, 0.3) is 0 Å². The number of hydrogen-bond acceptors (Lipinski definition) is 3. The van der Waals surface area contributed by atoms with Gasteiger partial charge in [0.1, 0.15) is 6.07 Å². The maximum atomic E-state index is 11.8. The second kappa shape index (κ2) is 4.34. The van der Waals surface area contributed by atoms with Gasteiger partial charge in [-0.1, -0.05) is 26.8 Å². The molecule has 0 fully saturated rings. The summed E-state index contributed by atoms with van der Waals surface area (Å²) < 4.78 is 0. The van der Waals surface area contributed by atoms with Crippen LogP contribution in [0.1, 0.15) is 27.2 Å². The van der Waals surface area contributed by atoms with Crippen molar-refractivity contribution in [2.45, 2.75) is 27.2 Å². The van der Waals surface area contributed by atoms with Gasteiger partial charge in [-0.2, -0.15) is 5.26 Å². The third-order valence-electron chi connectivity index (χ3n) is 2.78. The summed E-state index contributed by atoms with van der Waals surface area (Å²) in [6.45, 7) is 6.19. The fraction of sp³-hybridized carbons (Fsp3) is 0.636. The van der Waals surface area contributed by atoms with Gasteiger partial charge in [0.2, 0.25) is 0 Å². The Hall–Kier alpha value is -0.850. The van der Waals surface area contributed by atoms with Crippen LogP contribution in [0.3, 0.4) is 0 Å². The zero-order valence-corrected chi connectivity index (χ0v) is 10.1. The van der Waals surface area contributed by atoms with Crippen molar-refractivity contribution < 1.29 is 4.79 Å². The zero-order chi connectivity index (χ0) is 11.0. The van der Waals surface area contributed by atoms with Gasteiger partial charge in [-0.15, -0.1) is 12.4 Å². The van der Waals surface area contributed by atoms with Gasteiger partial charge in [-0.3, -0.25) is 4.79 Å². The number of allylic oxidation sites excluding steroid dienone is 1. The predicted molar refractivity (Wildman–Crippen MR) is 61.5 cm³/mol. The molecule has 0 spiro atoms. The Morgan fingerprint density at radius 1 is 1.53 bits per heavy atom. The normalized spacial score (nSPS) is 28.7. The third-order valence-corrected chi connectivity index (χ3v) is 2.78. The maximum absolute atomic E-state index is 11.8. The molecule has 2 N–H and O–H groups in total. The molecule has 0 heterocycles. The summed E-state index contributed by atoms with van der Waals surface area (Å²) in [6.07, 6.45) is 2.43. The molecule has 0 saturated carbocycles. The summed E-state index contributed by atoms with van der Waals surface area (Å²) in [4.78, 5) is 11.8. The molecule has 1 aliphatic rings. The Balaban J connectivity index is 0.00000196. The largest absolute Gasteiger partial charge is 0.330 e. The van der Waals surface area contributed by atoms with Crippen molar-refractivity contribution >= 4 is 18.2 Å². The van der Waals surface area contributed by atoms with Crippen molar-refractivity contribution in [3.63, 3.8) is 0 Å². The molecule has 0 amide bonds. The van der Waals surface area contributed by atoms with Crippen molar-refractivity contribution in [3.05, 3.63) is 11.6 Å². The molecule has 1 aliphatic carbocycles. The van der Waals surface area contributed by atoms with Crippen molar-refractivity contribution in [3.8, 4) is 6.07 Å². The second-order valence-electron chi connectivity index (χ2n) is 4.92. The van der Waals surface area contributed by atoms with E-state index >= 15 is 0 Å². The summed E-state index contributed by atoms with van der Waals surface area (Å²) in [7, 11) is 0. The lowest BCUT2D eigenvalue weighted by Gasteiger charge is -2.37. The predicted octanol–water partition coefficient (Wildman–Crippen LogP) is 1.82. The van der Waals surface area contributed by atoms with E-state index in [9.17, 15) is 4.79 Å². The molecule has 1 rings (SSSR count). The zero-order valence-electron chi connectivity index (χ0n) is 9.33. The maximum Gasteiger partial charge on any atom is 0.178 e. The molecule has 4 heteroatoms. The van der Waals surface area contributed by atoms with Crippen LogP contribution in [0.15, 0.2) is 11.6 Å². The van der Waals surface area contributed by atoms with E-state index in [1.54, 1.807) is 6.08 Å². The number of rotatable bonds is 1. The first-order valence-corrected chi connectivity index (χ1v) is 4.72. The summed E-state index contributed by atoms with van der Waals surface area (Å²) in [6, 6.07) is 1.95. The number of hydrogen-bond donors (Lipinski definition) is 1. The van der Waals surface area contributed by atoms with Gasteiger partial charge in [-0.25, -0.2) is 0 Å². The highest BCUT2D eigenvalue weighted by Gasteiger charge is 2.41. The molecule has 0 bridgehead atoms. The summed E-state index contributed by atoms with van der Waals surface area (Å²) >= 11 is 0. The minimum absolute atomic E-state index is 0. The molecule has 0 aromatic rings. The SMILES string of the molecule is CC1(CN)C=C(C#N)C(=O)C(C)(C)C1.Cl. The number of carbonyl (C=O) groups excluding carboxylic acids is 1. The number of carbonyl (C=O) groups is 1. The van der Waals surface area contributed by atoms with Crippen LogP contribution >= 0.6 is 12.4 Å². The molecule has 0 saturated heterocycles. The van der Waals surface area contributed by atoms with E-state index in [1.807, 2.05) is 26.8 Å². The van der Waals surface area contributed by atoms with E-state index in [0.717, 1.165) is 0 Å². The summed E-state index contributed by atoms with van der Waals surface area (Å²) in [5.74, 6) is -0.0640. The van der Waals surface area contributed by atoms with Gasteiger partial charge in [0.15, 0.2) is 5.78 Å². The first-order valence-electron chi connectivity index (χ1n) is 4.72. The summed E-state index contributed by atoms with van der Waals surface area (Å²) in [5, 5.41) is 8.84. The van der Waals surface area contributed by atoms with E-state index in [1.165, 1.54) is 0 Å². The lowest BCUT2D eigenvalue weighted by molar-refractivity contribution is -0.125. The minimum Gasteiger partial charge on any atom is -0.330 e. The van der Waals surface area contributed by atoms with Crippen LogP contribution < -0.4 is 5.73 Å². The number of Topliss-reactive ketones (excluding diaryl/α,β-unsaturated/α-hetero) is 1. The highest BCUT2D eigenvalue weighted by molar-refractivity contribution is 6.03. The highest BCUT2D eigenvalue weighted by atomic mass is 35.5. The number of halogens is 1. The highest BCUT2D eigenvalue weighted by Crippen LogP contribution is 2.41. The molecule has 3 nitrogen and oxygen atoms in total. The van der Waals surface area contributed by atoms with Crippen LogP contribution in [-0.2, 0) is 4.79 Å². The lowest BCUT2D eigenvalue weighted by Crippen LogP contribution is -2.40. The van der Waals surface area contributed by atoms with Crippen molar-refractivity contribution in [2.75, 3.05) is 6.54 Å². The Kier molecular flexibility index (Phi) is 4.09. The van der Waals surface area contributed by atoms with Crippen LogP contribution in [-0.4, -0.2) is 12.3 Å². The summed E-state index contributed by atoms with van der Waals surface area (Å²) in [5.41, 5.74) is 5.23. The van der Waals surface area contributed by atoms with E-state index in [0.29, 0.717) is 13.0 Å². The first-order chi connectivity index (χ1) is 6.34. The number of nitriles is 1. The van der Waals surface area contributed by atoms with Crippen molar-refractivity contribution in [1.82, 2.24) is 0 Å². The molecular weight excluding hydrogens is 212 g/mol. The Labute approximate surface area is 96.7 Å². The number of nitrogens with two attached hydrogens (primary N) is 1. The fourth-order valence-corrected chi connectivity index (χ4v) is 2.13. The van der Waals surface area contributed by atoms with E-state index in [2.05, 4.69) is 0 Å². The van der Waals surface area contributed by atoms with Crippen molar-refractivity contribution in [2.24, 2.45) is 16.6 Å². The van der Waals surface area contributed by atoms with Crippen LogP contribution in [0, 0.1) is 22.2 Å². The monoisotopic (exact) mass is 228 g/mol. The Bertz CT molecular complexity index is 341. The molecule has 84 valence electrons. The molecule has 15 heavy (non-hydrogen) atoms. The molecule has 0 aromatic heterocycles. The quantitative estimate of drug-likeness (QED) is 0.745. The van der Waals surface area contributed by atoms with Gasteiger partial charge in [0.05, 0.1) is 5.57 Å². The standard InChI is InChI=1S/C11H16N2O.ClH/c1-10(2)6-11(3,7-13)4-8(5-12)9(10)14;/h4H,6-7,13H2,1-3H3;1H. The van der Waals surface area contributed by atoms with Crippen LogP contribution in [0.5, 0.6) is 0 Å².